The highest BCUT2D eigenvalue weighted by Gasteiger charge is 2.50. The standard InChI is InChI=1S/C20H31NO14/c21-2-1-6-8(32-19-16(30)14(28)12(26)9(4-22)33-19)3-7(24)18(11(6)25)35-20-17(31)15(29)13(27)10(5-23)34-20/h1,7-20,22-31H,3-5H2/b6-1+/t7-,8+,9+,10+,11-,12+,13+,14-,15-,16+,17+,18-,19+,20+/m0/s1. The zero-order valence-corrected chi connectivity index (χ0v) is 18.3. The first-order valence-electron chi connectivity index (χ1n) is 10.9. The first-order chi connectivity index (χ1) is 16.5. The molecule has 15 heteroatoms. The second-order valence-corrected chi connectivity index (χ2v) is 8.64. The monoisotopic (exact) mass is 509 g/mol. The van der Waals surface area contributed by atoms with Crippen molar-refractivity contribution in [3.63, 3.8) is 0 Å². The summed E-state index contributed by atoms with van der Waals surface area (Å²) in [5.74, 6) is 0. The van der Waals surface area contributed by atoms with Crippen LogP contribution in [0.4, 0.5) is 0 Å². The fourth-order valence-electron chi connectivity index (χ4n) is 4.31. The molecule has 0 aromatic rings. The highest BCUT2D eigenvalue weighted by molar-refractivity contribution is 5.26. The van der Waals surface area contributed by atoms with E-state index in [1.54, 1.807) is 6.07 Å². The Balaban J connectivity index is 1.76. The van der Waals surface area contributed by atoms with Crippen LogP contribution < -0.4 is 0 Å². The summed E-state index contributed by atoms with van der Waals surface area (Å²) >= 11 is 0. The number of allylic oxidation sites excluding steroid dienone is 1. The van der Waals surface area contributed by atoms with E-state index in [-0.39, 0.29) is 12.0 Å². The average Bonchev–Trinajstić information content (AvgIpc) is 2.84. The van der Waals surface area contributed by atoms with Gasteiger partial charge in [0.15, 0.2) is 12.6 Å². The normalized spacial score (nSPS) is 50.1. The van der Waals surface area contributed by atoms with Crippen LogP contribution in [0, 0.1) is 11.3 Å². The molecule has 0 amide bonds. The van der Waals surface area contributed by atoms with Crippen molar-refractivity contribution < 1.29 is 70.0 Å². The molecular formula is C20H31NO14. The maximum atomic E-state index is 10.8. The van der Waals surface area contributed by atoms with E-state index in [1.807, 2.05) is 0 Å². The van der Waals surface area contributed by atoms with Gasteiger partial charge in [0, 0.05) is 18.1 Å². The Morgan fingerprint density at radius 1 is 0.771 bits per heavy atom. The van der Waals surface area contributed by atoms with Crippen molar-refractivity contribution in [1.29, 1.82) is 5.26 Å². The maximum Gasteiger partial charge on any atom is 0.187 e. The number of nitriles is 1. The zero-order chi connectivity index (χ0) is 26.0. The lowest BCUT2D eigenvalue weighted by Gasteiger charge is -2.46. The molecule has 1 saturated carbocycles. The second-order valence-electron chi connectivity index (χ2n) is 8.64. The Kier molecular flexibility index (Phi) is 9.53. The largest absolute Gasteiger partial charge is 0.394 e. The number of hydrogen-bond donors (Lipinski definition) is 10. The molecule has 0 unspecified atom stereocenters. The fraction of sp³-hybridized carbons (Fsp3) is 0.850. The topological polar surface area (TPSA) is 263 Å². The summed E-state index contributed by atoms with van der Waals surface area (Å²) in [4.78, 5) is 0. The van der Waals surface area contributed by atoms with Gasteiger partial charge in [-0.2, -0.15) is 5.26 Å². The summed E-state index contributed by atoms with van der Waals surface area (Å²) in [5.41, 5.74) is -0.135. The van der Waals surface area contributed by atoms with Crippen LogP contribution in [0.15, 0.2) is 11.6 Å². The average molecular weight is 509 g/mol. The lowest BCUT2D eigenvalue weighted by Crippen LogP contribution is -2.62. The van der Waals surface area contributed by atoms with Gasteiger partial charge >= 0.3 is 0 Å². The summed E-state index contributed by atoms with van der Waals surface area (Å²) in [6.07, 6.45) is -21.7. The molecule has 3 fully saturated rings. The van der Waals surface area contributed by atoms with Crippen molar-refractivity contribution in [2.45, 2.75) is 92.2 Å². The van der Waals surface area contributed by atoms with Gasteiger partial charge in [-0.1, -0.05) is 0 Å². The minimum Gasteiger partial charge on any atom is -0.394 e. The van der Waals surface area contributed by atoms with E-state index < -0.39 is 99.0 Å². The zero-order valence-electron chi connectivity index (χ0n) is 18.3. The van der Waals surface area contributed by atoms with E-state index in [1.165, 1.54) is 0 Å². The Labute approximate surface area is 199 Å². The fourth-order valence-corrected chi connectivity index (χ4v) is 4.31. The minimum atomic E-state index is -1.81. The van der Waals surface area contributed by atoms with Crippen LogP contribution in [0.3, 0.4) is 0 Å². The maximum absolute atomic E-state index is 10.8. The van der Waals surface area contributed by atoms with Gasteiger partial charge in [-0.3, -0.25) is 0 Å². The molecule has 0 aromatic carbocycles. The van der Waals surface area contributed by atoms with Crippen molar-refractivity contribution in [3.05, 3.63) is 11.6 Å². The molecule has 2 aliphatic heterocycles. The third-order valence-electron chi connectivity index (χ3n) is 6.38. The highest BCUT2D eigenvalue weighted by atomic mass is 16.7. The molecule has 3 rings (SSSR count). The molecule has 0 radical (unpaired) electrons. The van der Waals surface area contributed by atoms with Crippen LogP contribution >= 0.6 is 0 Å². The van der Waals surface area contributed by atoms with Gasteiger partial charge in [0.25, 0.3) is 0 Å². The molecule has 3 aliphatic rings. The molecule has 1 aliphatic carbocycles. The summed E-state index contributed by atoms with van der Waals surface area (Å²) in [6, 6.07) is 1.70. The predicted molar refractivity (Wildman–Crippen MR) is 108 cm³/mol. The first kappa shape index (κ1) is 28.2. The van der Waals surface area contributed by atoms with Crippen molar-refractivity contribution in [3.8, 4) is 6.07 Å². The Morgan fingerprint density at radius 2 is 1.26 bits per heavy atom. The van der Waals surface area contributed by atoms with E-state index in [2.05, 4.69) is 0 Å². The van der Waals surface area contributed by atoms with Crippen LogP contribution in [0.2, 0.25) is 0 Å². The van der Waals surface area contributed by atoms with E-state index in [0.29, 0.717) is 0 Å². The lowest BCUT2D eigenvalue weighted by molar-refractivity contribution is -0.331. The number of aliphatic hydroxyl groups is 10. The Hall–Kier alpha value is -1.33. The van der Waals surface area contributed by atoms with Gasteiger partial charge in [-0.15, -0.1) is 0 Å². The van der Waals surface area contributed by atoms with Gasteiger partial charge in [0.1, 0.15) is 61.0 Å². The van der Waals surface area contributed by atoms with Crippen LogP contribution in [0.25, 0.3) is 0 Å². The molecule has 2 saturated heterocycles. The molecule has 200 valence electrons. The van der Waals surface area contributed by atoms with Gasteiger partial charge < -0.3 is 70.0 Å². The van der Waals surface area contributed by atoms with Gasteiger partial charge in [-0.05, 0) is 0 Å². The smallest absolute Gasteiger partial charge is 0.187 e. The van der Waals surface area contributed by atoms with Crippen LogP contribution in [-0.4, -0.2) is 150 Å². The molecule has 0 bridgehead atoms. The van der Waals surface area contributed by atoms with Gasteiger partial charge in [0.2, 0.25) is 0 Å². The summed E-state index contributed by atoms with van der Waals surface area (Å²) < 4.78 is 21.6. The molecule has 0 aromatic heterocycles. The van der Waals surface area contributed by atoms with Crippen molar-refractivity contribution in [1.82, 2.24) is 0 Å². The first-order valence-corrected chi connectivity index (χ1v) is 10.9. The van der Waals surface area contributed by atoms with Crippen LogP contribution in [-0.2, 0) is 18.9 Å². The molecule has 35 heavy (non-hydrogen) atoms. The molecule has 15 nitrogen and oxygen atoms in total. The second kappa shape index (κ2) is 11.8. The lowest BCUT2D eigenvalue weighted by atomic mass is 9.84. The predicted octanol–water partition coefficient (Wildman–Crippen LogP) is -6.07. The summed E-state index contributed by atoms with van der Waals surface area (Å²) in [7, 11) is 0. The number of nitrogens with zero attached hydrogens (tertiary/aromatic N) is 1. The summed E-state index contributed by atoms with van der Waals surface area (Å²) in [6.45, 7) is -1.44. The van der Waals surface area contributed by atoms with Gasteiger partial charge in [-0.25, -0.2) is 0 Å². The Morgan fingerprint density at radius 3 is 1.71 bits per heavy atom. The van der Waals surface area contributed by atoms with E-state index in [4.69, 9.17) is 18.9 Å². The van der Waals surface area contributed by atoms with E-state index >= 15 is 0 Å². The number of rotatable bonds is 6. The minimum absolute atomic E-state index is 0.135. The molecular weight excluding hydrogens is 478 g/mol. The van der Waals surface area contributed by atoms with Crippen LogP contribution in [0.5, 0.6) is 0 Å². The molecule has 10 N–H and O–H groups in total. The highest BCUT2D eigenvalue weighted by Crippen LogP contribution is 2.34. The third kappa shape index (κ3) is 5.66. The molecule has 2 heterocycles. The molecule has 0 spiro atoms. The quantitative estimate of drug-likeness (QED) is 0.149. The SMILES string of the molecule is N#C/C=C1\[C@H](O[C@@H]2O[C@H](CO)[C@@H](O)[C@H](O)[C@H]2O)C[C@H](O)[C@H](O[C@H]2O[C@H](CO)[C@@H](O)[C@H](O)[C@H]2O)[C@H]1O. The number of ether oxygens (including phenoxy) is 4. The molecule has 14 atom stereocenters. The van der Waals surface area contributed by atoms with Crippen molar-refractivity contribution in [2.75, 3.05) is 13.2 Å². The van der Waals surface area contributed by atoms with Crippen molar-refractivity contribution in [2.24, 2.45) is 0 Å². The van der Waals surface area contributed by atoms with E-state index in [0.717, 1.165) is 6.08 Å². The van der Waals surface area contributed by atoms with Crippen LogP contribution in [0.1, 0.15) is 6.42 Å². The van der Waals surface area contributed by atoms with E-state index in [9.17, 15) is 56.3 Å². The Bertz CT molecular complexity index is 773. The third-order valence-corrected chi connectivity index (χ3v) is 6.38. The number of aliphatic hydroxyl groups excluding tert-OH is 10. The number of hydrogen-bond acceptors (Lipinski definition) is 15. The van der Waals surface area contributed by atoms with Crippen molar-refractivity contribution >= 4 is 0 Å². The summed E-state index contributed by atoms with van der Waals surface area (Å²) in [5, 5.41) is 109. The van der Waals surface area contributed by atoms with Gasteiger partial charge in [0.05, 0.1) is 31.5 Å².